The predicted octanol–water partition coefficient (Wildman–Crippen LogP) is 3.46. The Morgan fingerprint density at radius 1 is 1.40 bits per heavy atom. The summed E-state index contributed by atoms with van der Waals surface area (Å²) in [7, 11) is 0. The Hall–Kier alpha value is -0.790. The third-order valence-electron chi connectivity index (χ3n) is 3.10. The van der Waals surface area contributed by atoms with Gasteiger partial charge in [0.05, 0.1) is 0 Å². The quantitative estimate of drug-likeness (QED) is 0.475. The highest BCUT2D eigenvalue weighted by atomic mass is 16.5. The molecule has 0 aromatic rings. The summed E-state index contributed by atoms with van der Waals surface area (Å²) in [6.07, 6.45) is 10.8. The highest BCUT2D eigenvalue weighted by molar-refractivity contribution is 5.84. The molecule has 1 aliphatic rings. The van der Waals surface area contributed by atoms with Crippen LogP contribution in [0.2, 0.25) is 0 Å². The van der Waals surface area contributed by atoms with Gasteiger partial charge < -0.3 is 4.74 Å². The number of carbonyl (C=O) groups is 1. The van der Waals surface area contributed by atoms with E-state index in [-0.39, 0.29) is 12.1 Å². The molecule has 0 aromatic carbocycles. The number of rotatable bonds is 7. The van der Waals surface area contributed by atoms with E-state index in [2.05, 4.69) is 13.8 Å². The number of cyclic esters (lactones) is 1. The largest absolute Gasteiger partial charge is 0.455 e. The van der Waals surface area contributed by atoms with E-state index in [4.69, 9.17) is 4.74 Å². The van der Waals surface area contributed by atoms with Gasteiger partial charge in [0.1, 0.15) is 6.10 Å². The monoisotopic (exact) mass is 210 g/mol. The Bertz CT molecular complexity index is 221. The number of hydrogen-bond donors (Lipinski definition) is 0. The van der Waals surface area contributed by atoms with Crippen LogP contribution in [0.25, 0.3) is 0 Å². The molecule has 1 aliphatic heterocycles. The third kappa shape index (κ3) is 5.01. The minimum absolute atomic E-state index is 0.0566. The first-order valence-electron chi connectivity index (χ1n) is 6.11. The van der Waals surface area contributed by atoms with Crippen molar-refractivity contribution in [2.24, 2.45) is 5.92 Å². The van der Waals surface area contributed by atoms with Gasteiger partial charge in [-0.2, -0.15) is 0 Å². The number of ether oxygens (including phenoxy) is 1. The Morgan fingerprint density at radius 3 is 2.80 bits per heavy atom. The van der Waals surface area contributed by atoms with E-state index < -0.39 is 0 Å². The molecule has 2 nitrogen and oxygen atoms in total. The number of carbonyl (C=O) groups excluding carboxylic acids is 1. The Labute approximate surface area is 92.7 Å². The average Bonchev–Trinajstić information content (AvgIpc) is 2.63. The third-order valence-corrected chi connectivity index (χ3v) is 3.10. The zero-order valence-corrected chi connectivity index (χ0v) is 9.87. The van der Waals surface area contributed by atoms with Crippen LogP contribution in [0.3, 0.4) is 0 Å². The normalized spacial score (nSPS) is 21.7. The fourth-order valence-corrected chi connectivity index (χ4v) is 1.79. The number of unbranched alkanes of at least 4 members (excludes halogenated alkanes) is 2. The smallest absolute Gasteiger partial charge is 0.331 e. The van der Waals surface area contributed by atoms with Crippen LogP contribution in [-0.2, 0) is 9.53 Å². The lowest BCUT2D eigenvalue weighted by Gasteiger charge is -2.09. The molecule has 86 valence electrons. The zero-order valence-electron chi connectivity index (χ0n) is 9.87. The molecule has 0 aromatic heterocycles. The van der Waals surface area contributed by atoms with Gasteiger partial charge in [0.2, 0.25) is 0 Å². The van der Waals surface area contributed by atoms with Gasteiger partial charge in [0, 0.05) is 6.08 Å². The summed E-state index contributed by atoms with van der Waals surface area (Å²) in [5.74, 6) is 0.675. The number of hydrogen-bond acceptors (Lipinski definition) is 2. The highest BCUT2D eigenvalue weighted by Crippen LogP contribution is 2.16. The molecule has 0 fully saturated rings. The molecular weight excluding hydrogens is 188 g/mol. The van der Waals surface area contributed by atoms with E-state index in [0.29, 0.717) is 0 Å². The molecule has 0 amide bonds. The van der Waals surface area contributed by atoms with Crippen LogP contribution < -0.4 is 0 Å². The van der Waals surface area contributed by atoms with Gasteiger partial charge in [-0.1, -0.05) is 39.5 Å². The fourth-order valence-electron chi connectivity index (χ4n) is 1.79. The minimum Gasteiger partial charge on any atom is -0.455 e. The summed E-state index contributed by atoms with van der Waals surface area (Å²) in [5.41, 5.74) is 0. The second-order valence-corrected chi connectivity index (χ2v) is 4.49. The van der Waals surface area contributed by atoms with E-state index in [0.717, 1.165) is 12.3 Å². The summed E-state index contributed by atoms with van der Waals surface area (Å²) >= 11 is 0. The van der Waals surface area contributed by atoms with Gasteiger partial charge in [0.25, 0.3) is 0 Å². The van der Waals surface area contributed by atoms with Crippen molar-refractivity contribution >= 4 is 5.97 Å². The van der Waals surface area contributed by atoms with Crippen LogP contribution >= 0.6 is 0 Å². The first kappa shape index (κ1) is 12.3. The molecule has 15 heavy (non-hydrogen) atoms. The molecule has 2 unspecified atom stereocenters. The summed E-state index contributed by atoms with van der Waals surface area (Å²) in [4.78, 5) is 10.8. The lowest BCUT2D eigenvalue weighted by atomic mass is 10.00. The lowest BCUT2D eigenvalue weighted by Crippen LogP contribution is -2.07. The maximum Gasteiger partial charge on any atom is 0.331 e. The zero-order chi connectivity index (χ0) is 11.1. The van der Waals surface area contributed by atoms with E-state index in [1.54, 1.807) is 0 Å². The van der Waals surface area contributed by atoms with Crippen molar-refractivity contribution in [3.8, 4) is 0 Å². The van der Waals surface area contributed by atoms with E-state index >= 15 is 0 Å². The standard InChI is InChI=1S/C13H22O2/c1-3-11(2)7-5-4-6-8-12-9-10-13(14)15-12/h9-12H,3-8H2,1-2H3. The van der Waals surface area contributed by atoms with Crippen LogP contribution in [0.15, 0.2) is 12.2 Å². The van der Waals surface area contributed by atoms with E-state index in [1.165, 1.54) is 38.2 Å². The summed E-state index contributed by atoms with van der Waals surface area (Å²) in [6, 6.07) is 0. The topological polar surface area (TPSA) is 26.3 Å². The van der Waals surface area contributed by atoms with Gasteiger partial charge in [-0.15, -0.1) is 0 Å². The maximum atomic E-state index is 10.8. The van der Waals surface area contributed by atoms with Crippen molar-refractivity contribution in [2.45, 2.75) is 58.5 Å². The van der Waals surface area contributed by atoms with Crippen LogP contribution in [0.4, 0.5) is 0 Å². The molecule has 0 saturated heterocycles. The molecule has 1 heterocycles. The molecule has 1 rings (SSSR count). The summed E-state index contributed by atoms with van der Waals surface area (Å²) < 4.78 is 5.06. The SMILES string of the molecule is CCC(C)CCCCCC1C=CC(=O)O1. The fraction of sp³-hybridized carbons (Fsp3) is 0.769. The minimum atomic E-state index is -0.181. The first-order valence-corrected chi connectivity index (χ1v) is 6.11. The van der Waals surface area contributed by atoms with Crippen molar-refractivity contribution in [1.82, 2.24) is 0 Å². The van der Waals surface area contributed by atoms with Crippen LogP contribution in [-0.4, -0.2) is 12.1 Å². The Balaban J connectivity index is 1.93. The lowest BCUT2D eigenvalue weighted by molar-refractivity contribution is -0.138. The van der Waals surface area contributed by atoms with Crippen LogP contribution in [0.1, 0.15) is 52.4 Å². The molecule has 2 atom stereocenters. The van der Waals surface area contributed by atoms with E-state index in [1.807, 2.05) is 6.08 Å². The molecule has 0 spiro atoms. The average molecular weight is 210 g/mol. The van der Waals surface area contributed by atoms with Crippen LogP contribution in [0, 0.1) is 5.92 Å². The van der Waals surface area contributed by atoms with E-state index in [9.17, 15) is 4.79 Å². The molecule has 0 radical (unpaired) electrons. The molecule has 0 aliphatic carbocycles. The number of esters is 1. The van der Waals surface area contributed by atoms with Gasteiger partial charge >= 0.3 is 5.97 Å². The molecule has 0 N–H and O–H groups in total. The Morgan fingerprint density at radius 2 is 2.20 bits per heavy atom. The van der Waals surface area contributed by atoms with Gasteiger partial charge in [-0.25, -0.2) is 4.79 Å². The predicted molar refractivity (Wildman–Crippen MR) is 61.6 cm³/mol. The highest BCUT2D eigenvalue weighted by Gasteiger charge is 2.15. The van der Waals surface area contributed by atoms with Gasteiger partial charge in [-0.05, 0) is 24.8 Å². The maximum absolute atomic E-state index is 10.8. The second kappa shape index (κ2) is 6.65. The summed E-state index contributed by atoms with van der Waals surface area (Å²) in [5, 5.41) is 0. The molecular formula is C13H22O2. The van der Waals surface area contributed by atoms with Crippen molar-refractivity contribution in [3.63, 3.8) is 0 Å². The van der Waals surface area contributed by atoms with Crippen molar-refractivity contribution in [1.29, 1.82) is 0 Å². The van der Waals surface area contributed by atoms with Crippen LogP contribution in [0.5, 0.6) is 0 Å². The van der Waals surface area contributed by atoms with Crippen molar-refractivity contribution < 1.29 is 9.53 Å². The molecule has 0 bridgehead atoms. The molecule has 2 heteroatoms. The van der Waals surface area contributed by atoms with Crippen molar-refractivity contribution in [2.75, 3.05) is 0 Å². The second-order valence-electron chi connectivity index (χ2n) is 4.49. The Kier molecular flexibility index (Phi) is 5.44. The van der Waals surface area contributed by atoms with Gasteiger partial charge in [0.15, 0.2) is 0 Å². The first-order chi connectivity index (χ1) is 7.22. The van der Waals surface area contributed by atoms with Crippen molar-refractivity contribution in [3.05, 3.63) is 12.2 Å². The molecule has 0 saturated carbocycles. The van der Waals surface area contributed by atoms with Gasteiger partial charge in [-0.3, -0.25) is 0 Å². The summed E-state index contributed by atoms with van der Waals surface area (Å²) in [6.45, 7) is 4.55.